The van der Waals surface area contributed by atoms with Crippen molar-refractivity contribution in [3.8, 4) is 0 Å². The molecular weight excluding hydrogens is 238 g/mol. The van der Waals surface area contributed by atoms with Crippen molar-refractivity contribution < 1.29 is 27.2 Å². The van der Waals surface area contributed by atoms with E-state index in [1.54, 1.807) is 0 Å². The van der Waals surface area contributed by atoms with E-state index < -0.39 is 16.1 Å². The Balaban J connectivity index is 2.35. The van der Waals surface area contributed by atoms with Gasteiger partial charge in [0.1, 0.15) is 0 Å². The summed E-state index contributed by atoms with van der Waals surface area (Å²) in [5.74, 6) is -1.01. The van der Waals surface area contributed by atoms with E-state index >= 15 is 0 Å². The first-order valence-corrected chi connectivity index (χ1v) is 6.54. The molecule has 0 aromatic heterocycles. The maximum absolute atomic E-state index is 11.3. The van der Waals surface area contributed by atoms with Gasteiger partial charge in [-0.2, -0.15) is 8.42 Å². The van der Waals surface area contributed by atoms with Gasteiger partial charge in [0.25, 0.3) is 0 Å². The zero-order valence-corrected chi connectivity index (χ0v) is 9.79. The highest BCUT2D eigenvalue weighted by atomic mass is 32.2. The van der Waals surface area contributed by atoms with Crippen LogP contribution in [-0.4, -0.2) is 45.9 Å². The average Bonchev–Trinajstić information content (AvgIpc) is 2.27. The molecule has 0 saturated carbocycles. The molecule has 1 atom stereocenters. The smallest absolute Gasteiger partial charge is 0.343 e. The molecule has 1 N–H and O–H groups in total. The first-order valence-electron chi connectivity index (χ1n) is 4.96. The Labute approximate surface area is 94.1 Å². The molecule has 1 fully saturated rings. The monoisotopic (exact) mass is 253 g/mol. The van der Waals surface area contributed by atoms with Crippen molar-refractivity contribution in [3.63, 3.8) is 0 Å². The highest BCUT2D eigenvalue weighted by molar-refractivity contribution is 7.86. The minimum Gasteiger partial charge on any atom is -0.378 e. The Kier molecular flexibility index (Phi) is 5.13. The summed E-state index contributed by atoms with van der Waals surface area (Å²) >= 11 is 0. The standard InChI is InChI=1S/C8H15NO6S/c1-2-8(10)14-15-16(11,12)6-7-5-13-4-3-9-7/h7,9H,2-6H2,1H3. The van der Waals surface area contributed by atoms with Gasteiger partial charge in [-0.1, -0.05) is 11.3 Å². The zero-order valence-electron chi connectivity index (χ0n) is 8.97. The van der Waals surface area contributed by atoms with E-state index in [0.29, 0.717) is 19.8 Å². The molecule has 8 heteroatoms. The Hall–Kier alpha value is -0.700. The Morgan fingerprint density at radius 1 is 1.56 bits per heavy atom. The number of nitrogens with one attached hydrogen (secondary N) is 1. The van der Waals surface area contributed by atoms with Crippen LogP contribution in [0.25, 0.3) is 0 Å². The molecule has 0 bridgehead atoms. The molecular formula is C8H15NO6S. The highest BCUT2D eigenvalue weighted by Crippen LogP contribution is 2.02. The van der Waals surface area contributed by atoms with E-state index in [1.807, 2.05) is 0 Å². The van der Waals surface area contributed by atoms with Crippen LogP contribution in [0.5, 0.6) is 0 Å². The van der Waals surface area contributed by atoms with Gasteiger partial charge in [0.05, 0.1) is 19.0 Å². The number of ether oxygens (including phenoxy) is 1. The van der Waals surface area contributed by atoms with Crippen LogP contribution in [0.15, 0.2) is 0 Å². The fourth-order valence-corrected chi connectivity index (χ4v) is 2.09. The Morgan fingerprint density at radius 2 is 2.31 bits per heavy atom. The largest absolute Gasteiger partial charge is 0.378 e. The van der Waals surface area contributed by atoms with Crippen LogP contribution in [-0.2, 0) is 28.9 Å². The van der Waals surface area contributed by atoms with Crippen molar-refractivity contribution in [2.75, 3.05) is 25.5 Å². The zero-order chi connectivity index (χ0) is 12.0. The first-order chi connectivity index (χ1) is 7.53. The molecule has 16 heavy (non-hydrogen) atoms. The molecule has 94 valence electrons. The molecule has 1 rings (SSSR count). The number of morpholine rings is 1. The molecule has 1 aliphatic heterocycles. The molecule has 0 amide bonds. The minimum atomic E-state index is -3.87. The molecule has 7 nitrogen and oxygen atoms in total. The number of hydrogen-bond acceptors (Lipinski definition) is 7. The van der Waals surface area contributed by atoms with Crippen molar-refractivity contribution in [2.24, 2.45) is 0 Å². The van der Waals surface area contributed by atoms with Gasteiger partial charge in [-0.3, -0.25) is 4.89 Å². The predicted octanol–water partition coefficient (Wildman–Crippen LogP) is -0.811. The fourth-order valence-electron chi connectivity index (χ4n) is 1.15. The maximum Gasteiger partial charge on any atom is 0.343 e. The van der Waals surface area contributed by atoms with Gasteiger partial charge in [0.15, 0.2) is 0 Å². The minimum absolute atomic E-state index is 0.0559. The third-order valence-electron chi connectivity index (χ3n) is 1.92. The average molecular weight is 253 g/mol. The topological polar surface area (TPSA) is 90.9 Å². The molecule has 1 heterocycles. The van der Waals surface area contributed by atoms with Gasteiger partial charge in [-0.05, 0) is 0 Å². The lowest BCUT2D eigenvalue weighted by molar-refractivity contribution is -0.210. The lowest BCUT2D eigenvalue weighted by Gasteiger charge is -2.22. The summed E-state index contributed by atoms with van der Waals surface area (Å²) in [7, 11) is -3.87. The number of hydrogen-bond donors (Lipinski definition) is 1. The van der Waals surface area contributed by atoms with Gasteiger partial charge in [0, 0.05) is 19.0 Å². The third-order valence-corrected chi connectivity index (χ3v) is 3.01. The van der Waals surface area contributed by atoms with Crippen molar-refractivity contribution in [1.82, 2.24) is 5.32 Å². The summed E-state index contributed by atoms with van der Waals surface area (Å²) in [4.78, 5) is 14.8. The van der Waals surface area contributed by atoms with E-state index in [-0.39, 0.29) is 18.2 Å². The molecule has 1 saturated heterocycles. The van der Waals surface area contributed by atoms with Gasteiger partial charge >= 0.3 is 16.1 Å². The second-order valence-corrected chi connectivity index (χ2v) is 4.91. The lowest BCUT2D eigenvalue weighted by Crippen LogP contribution is -2.45. The second kappa shape index (κ2) is 6.14. The van der Waals surface area contributed by atoms with Crippen LogP contribution in [0, 0.1) is 0 Å². The summed E-state index contributed by atoms with van der Waals surface area (Å²) in [5.41, 5.74) is 0. The second-order valence-electron chi connectivity index (χ2n) is 3.33. The third kappa shape index (κ3) is 4.88. The van der Waals surface area contributed by atoms with Gasteiger partial charge < -0.3 is 10.1 Å². The quantitative estimate of drug-likeness (QED) is 0.506. The summed E-state index contributed by atoms with van der Waals surface area (Å²) in [5, 5.41) is 2.95. The highest BCUT2D eigenvalue weighted by Gasteiger charge is 2.24. The van der Waals surface area contributed by atoms with Crippen LogP contribution in [0.4, 0.5) is 0 Å². The molecule has 0 aromatic rings. The van der Waals surface area contributed by atoms with Crippen LogP contribution in [0.1, 0.15) is 13.3 Å². The summed E-state index contributed by atoms with van der Waals surface area (Å²) in [6, 6.07) is -0.334. The molecule has 0 radical (unpaired) electrons. The molecule has 1 unspecified atom stereocenters. The predicted molar refractivity (Wildman–Crippen MR) is 53.9 cm³/mol. The number of rotatable bonds is 5. The number of carbonyl (C=O) groups is 1. The van der Waals surface area contributed by atoms with Crippen LogP contribution in [0.3, 0.4) is 0 Å². The summed E-state index contributed by atoms with van der Waals surface area (Å²) in [6.45, 7) is 2.98. The molecule has 0 spiro atoms. The van der Waals surface area contributed by atoms with Crippen LogP contribution >= 0.6 is 0 Å². The van der Waals surface area contributed by atoms with E-state index in [1.165, 1.54) is 6.92 Å². The van der Waals surface area contributed by atoms with Crippen LogP contribution in [0.2, 0.25) is 0 Å². The molecule has 0 aliphatic carbocycles. The lowest BCUT2D eigenvalue weighted by atomic mass is 10.3. The molecule has 0 aromatic carbocycles. The maximum atomic E-state index is 11.3. The van der Waals surface area contributed by atoms with E-state index in [4.69, 9.17) is 4.74 Å². The summed E-state index contributed by atoms with van der Waals surface area (Å²) < 4.78 is 31.8. The van der Waals surface area contributed by atoms with E-state index in [9.17, 15) is 13.2 Å². The number of carbonyl (C=O) groups excluding carboxylic acids is 1. The fraction of sp³-hybridized carbons (Fsp3) is 0.875. The van der Waals surface area contributed by atoms with E-state index in [0.717, 1.165) is 0 Å². The SMILES string of the molecule is CCC(=O)OOS(=O)(=O)CC1COCCN1. The molecule has 1 aliphatic rings. The van der Waals surface area contributed by atoms with Crippen molar-refractivity contribution in [3.05, 3.63) is 0 Å². The Bertz CT molecular complexity index is 321. The normalized spacial score (nSPS) is 21.7. The van der Waals surface area contributed by atoms with E-state index in [2.05, 4.69) is 14.5 Å². The first kappa shape index (κ1) is 13.4. The Morgan fingerprint density at radius 3 is 2.88 bits per heavy atom. The van der Waals surface area contributed by atoms with Crippen molar-refractivity contribution in [2.45, 2.75) is 19.4 Å². The van der Waals surface area contributed by atoms with Crippen molar-refractivity contribution in [1.29, 1.82) is 0 Å². The van der Waals surface area contributed by atoms with Crippen LogP contribution < -0.4 is 5.32 Å². The van der Waals surface area contributed by atoms with Crippen molar-refractivity contribution >= 4 is 16.1 Å². The van der Waals surface area contributed by atoms with Gasteiger partial charge in [-0.15, -0.1) is 0 Å². The van der Waals surface area contributed by atoms with Gasteiger partial charge in [-0.25, -0.2) is 4.79 Å². The van der Waals surface area contributed by atoms with Gasteiger partial charge in [0.2, 0.25) is 0 Å². The summed E-state index contributed by atoms with van der Waals surface area (Å²) in [6.07, 6.45) is 0.0559.